The standard InChI is InChI=1S/C14H27N5/c1-11-5-8-14(9-6-11,18(2)3)13(16-15)12-7-10-19(4)17-12/h7,10-11,13,16H,5-6,8-9,15H2,1-4H3. The lowest BCUT2D eigenvalue weighted by atomic mass is 9.71. The van der Waals surface area contributed by atoms with Crippen molar-refractivity contribution in [2.75, 3.05) is 14.1 Å². The van der Waals surface area contributed by atoms with Gasteiger partial charge in [-0.15, -0.1) is 0 Å². The quantitative estimate of drug-likeness (QED) is 0.639. The lowest BCUT2D eigenvalue weighted by Crippen LogP contribution is -2.57. The van der Waals surface area contributed by atoms with Gasteiger partial charge in [-0.1, -0.05) is 6.92 Å². The third-order valence-electron chi connectivity index (χ3n) is 4.76. The molecule has 0 amide bonds. The third kappa shape index (κ3) is 2.68. The summed E-state index contributed by atoms with van der Waals surface area (Å²) in [5, 5.41) is 4.55. The topological polar surface area (TPSA) is 59.1 Å². The Morgan fingerprint density at radius 2 is 2.11 bits per heavy atom. The molecule has 1 unspecified atom stereocenters. The number of nitrogens with zero attached hydrogens (tertiary/aromatic N) is 3. The van der Waals surface area contributed by atoms with Crippen LogP contribution in [-0.2, 0) is 7.05 Å². The monoisotopic (exact) mass is 265 g/mol. The number of likely N-dealkylation sites (N-methyl/N-ethyl adjacent to an activating group) is 1. The Morgan fingerprint density at radius 3 is 2.53 bits per heavy atom. The van der Waals surface area contributed by atoms with Gasteiger partial charge in [0.25, 0.3) is 0 Å². The molecule has 1 aromatic rings. The van der Waals surface area contributed by atoms with E-state index in [9.17, 15) is 0 Å². The molecule has 1 aromatic heterocycles. The van der Waals surface area contributed by atoms with E-state index < -0.39 is 0 Å². The van der Waals surface area contributed by atoms with Crippen molar-refractivity contribution in [3.05, 3.63) is 18.0 Å². The van der Waals surface area contributed by atoms with E-state index in [1.54, 1.807) is 0 Å². The molecule has 108 valence electrons. The van der Waals surface area contributed by atoms with Crippen LogP contribution in [0.4, 0.5) is 0 Å². The molecule has 0 radical (unpaired) electrons. The summed E-state index contributed by atoms with van der Waals surface area (Å²) in [5.74, 6) is 6.69. The van der Waals surface area contributed by atoms with Crippen molar-refractivity contribution in [1.29, 1.82) is 0 Å². The van der Waals surface area contributed by atoms with Crippen LogP contribution in [0.1, 0.15) is 44.3 Å². The van der Waals surface area contributed by atoms with E-state index in [1.165, 1.54) is 12.8 Å². The molecule has 0 spiro atoms. The van der Waals surface area contributed by atoms with Crippen molar-refractivity contribution in [2.45, 2.75) is 44.2 Å². The van der Waals surface area contributed by atoms with Crippen molar-refractivity contribution < 1.29 is 0 Å². The first-order chi connectivity index (χ1) is 8.99. The lowest BCUT2D eigenvalue weighted by molar-refractivity contribution is 0.0412. The normalized spacial score (nSPS) is 29.7. The molecule has 1 fully saturated rings. The molecule has 19 heavy (non-hydrogen) atoms. The highest BCUT2D eigenvalue weighted by Gasteiger charge is 2.44. The maximum atomic E-state index is 5.88. The summed E-state index contributed by atoms with van der Waals surface area (Å²) >= 11 is 0. The zero-order valence-corrected chi connectivity index (χ0v) is 12.6. The number of aromatic nitrogens is 2. The van der Waals surface area contributed by atoms with E-state index in [-0.39, 0.29) is 11.6 Å². The van der Waals surface area contributed by atoms with Crippen molar-refractivity contribution in [1.82, 2.24) is 20.1 Å². The molecule has 2 rings (SSSR count). The Morgan fingerprint density at radius 1 is 1.47 bits per heavy atom. The average molecular weight is 265 g/mol. The molecule has 1 saturated carbocycles. The second kappa shape index (κ2) is 5.61. The van der Waals surface area contributed by atoms with Crippen LogP contribution in [-0.4, -0.2) is 34.3 Å². The predicted octanol–water partition coefficient (Wildman–Crippen LogP) is 1.43. The molecular weight excluding hydrogens is 238 g/mol. The first-order valence-electron chi connectivity index (χ1n) is 7.12. The average Bonchev–Trinajstić information content (AvgIpc) is 2.79. The van der Waals surface area contributed by atoms with Gasteiger partial charge in [0.05, 0.1) is 11.7 Å². The molecule has 0 saturated heterocycles. The number of hydrogen-bond acceptors (Lipinski definition) is 4. The zero-order chi connectivity index (χ0) is 14.0. The number of aryl methyl sites for hydroxylation is 1. The SMILES string of the molecule is CC1CCC(C(NN)c2ccn(C)n2)(N(C)C)CC1. The summed E-state index contributed by atoms with van der Waals surface area (Å²) in [7, 11) is 6.26. The van der Waals surface area contributed by atoms with Gasteiger partial charge in [0.15, 0.2) is 0 Å². The Hall–Kier alpha value is -0.910. The molecule has 5 nitrogen and oxygen atoms in total. The molecule has 0 aliphatic heterocycles. The van der Waals surface area contributed by atoms with Gasteiger partial charge in [0.1, 0.15) is 0 Å². The summed E-state index contributed by atoms with van der Waals surface area (Å²) in [6.07, 6.45) is 6.81. The number of nitrogens with one attached hydrogen (secondary N) is 1. The molecule has 1 aliphatic carbocycles. The Balaban J connectivity index is 2.31. The van der Waals surface area contributed by atoms with E-state index in [0.717, 1.165) is 24.5 Å². The molecular formula is C14H27N5. The third-order valence-corrected chi connectivity index (χ3v) is 4.76. The fourth-order valence-corrected chi connectivity index (χ4v) is 3.36. The fraction of sp³-hybridized carbons (Fsp3) is 0.786. The van der Waals surface area contributed by atoms with Gasteiger partial charge in [-0.3, -0.25) is 10.5 Å². The lowest BCUT2D eigenvalue weighted by Gasteiger charge is -2.48. The van der Waals surface area contributed by atoms with Gasteiger partial charge in [-0.05, 0) is 51.8 Å². The van der Waals surface area contributed by atoms with E-state index in [2.05, 4.69) is 42.5 Å². The number of nitrogens with two attached hydrogens (primary N) is 1. The van der Waals surface area contributed by atoms with Gasteiger partial charge in [0.2, 0.25) is 0 Å². The van der Waals surface area contributed by atoms with Crippen molar-refractivity contribution in [3.8, 4) is 0 Å². The summed E-state index contributed by atoms with van der Waals surface area (Å²) in [6.45, 7) is 2.34. The summed E-state index contributed by atoms with van der Waals surface area (Å²) in [5.41, 5.74) is 4.12. The minimum Gasteiger partial charge on any atom is -0.302 e. The Kier molecular flexibility index (Phi) is 4.28. The molecule has 0 bridgehead atoms. The van der Waals surface area contributed by atoms with Crippen LogP contribution >= 0.6 is 0 Å². The van der Waals surface area contributed by atoms with E-state index in [1.807, 2.05) is 17.9 Å². The molecule has 0 aromatic carbocycles. The fourth-order valence-electron chi connectivity index (χ4n) is 3.36. The van der Waals surface area contributed by atoms with Crippen LogP contribution in [0, 0.1) is 5.92 Å². The first-order valence-corrected chi connectivity index (χ1v) is 7.12. The van der Waals surface area contributed by atoms with Crippen molar-refractivity contribution >= 4 is 0 Å². The molecule has 1 heterocycles. The van der Waals surface area contributed by atoms with Gasteiger partial charge < -0.3 is 4.90 Å². The van der Waals surface area contributed by atoms with Crippen LogP contribution in [0.2, 0.25) is 0 Å². The van der Waals surface area contributed by atoms with Gasteiger partial charge >= 0.3 is 0 Å². The smallest absolute Gasteiger partial charge is 0.0833 e. The molecule has 3 N–H and O–H groups in total. The van der Waals surface area contributed by atoms with Crippen molar-refractivity contribution in [2.24, 2.45) is 18.8 Å². The summed E-state index contributed by atoms with van der Waals surface area (Å²) < 4.78 is 1.84. The number of hydrazine groups is 1. The van der Waals surface area contributed by atoms with Crippen LogP contribution < -0.4 is 11.3 Å². The number of hydrogen-bond donors (Lipinski definition) is 2. The van der Waals surface area contributed by atoms with Gasteiger partial charge in [-0.25, -0.2) is 5.43 Å². The van der Waals surface area contributed by atoms with Crippen LogP contribution in [0.25, 0.3) is 0 Å². The highest BCUT2D eigenvalue weighted by atomic mass is 15.3. The highest BCUT2D eigenvalue weighted by Crippen LogP contribution is 2.42. The van der Waals surface area contributed by atoms with Crippen LogP contribution in [0.15, 0.2) is 12.3 Å². The summed E-state index contributed by atoms with van der Waals surface area (Å²) in [6, 6.07) is 2.14. The predicted molar refractivity (Wildman–Crippen MR) is 77.3 cm³/mol. The van der Waals surface area contributed by atoms with Crippen molar-refractivity contribution in [3.63, 3.8) is 0 Å². The Labute approximate surface area is 116 Å². The molecule has 1 atom stereocenters. The summed E-state index contributed by atoms with van der Waals surface area (Å²) in [4.78, 5) is 2.33. The second-order valence-electron chi connectivity index (χ2n) is 6.19. The Bertz CT molecular complexity index is 404. The largest absolute Gasteiger partial charge is 0.302 e. The van der Waals surface area contributed by atoms with E-state index in [4.69, 9.17) is 5.84 Å². The molecule has 1 aliphatic rings. The minimum atomic E-state index is 0.0651. The maximum Gasteiger partial charge on any atom is 0.0833 e. The maximum absolute atomic E-state index is 5.88. The van der Waals surface area contributed by atoms with E-state index >= 15 is 0 Å². The van der Waals surface area contributed by atoms with Gasteiger partial charge in [-0.2, -0.15) is 5.10 Å². The number of rotatable bonds is 4. The van der Waals surface area contributed by atoms with Crippen LogP contribution in [0.3, 0.4) is 0 Å². The van der Waals surface area contributed by atoms with Crippen LogP contribution in [0.5, 0.6) is 0 Å². The van der Waals surface area contributed by atoms with E-state index in [0.29, 0.717) is 0 Å². The second-order valence-corrected chi connectivity index (χ2v) is 6.19. The van der Waals surface area contributed by atoms with Gasteiger partial charge in [0, 0.05) is 18.8 Å². The highest BCUT2D eigenvalue weighted by molar-refractivity contribution is 5.15. The molecule has 5 heteroatoms. The minimum absolute atomic E-state index is 0.0651. The zero-order valence-electron chi connectivity index (χ0n) is 12.6. The first kappa shape index (κ1) is 14.5.